The summed E-state index contributed by atoms with van der Waals surface area (Å²) in [6.45, 7) is 0. The Kier molecular flexibility index (Phi) is 1.89. The molecule has 1 heterocycles. The lowest BCUT2D eigenvalue weighted by molar-refractivity contribution is 0.595. The minimum absolute atomic E-state index is 0.0606. The molecule has 0 aliphatic rings. The topological polar surface area (TPSA) is 83.7 Å². The molecular weight excluding hydrogens is 186 g/mol. The number of aromatic nitrogens is 2. The lowest BCUT2D eigenvalue weighted by atomic mass is 10.8. The highest BCUT2D eigenvalue weighted by Gasteiger charge is 2.13. The van der Waals surface area contributed by atoms with Gasteiger partial charge in [0.15, 0.2) is 0 Å². The lowest BCUT2D eigenvalue weighted by Crippen LogP contribution is -1.98. The molecule has 0 aliphatic heterocycles. The van der Waals surface area contributed by atoms with Gasteiger partial charge in [0, 0.05) is 6.26 Å². The number of rotatable bonds is 1. The SMILES string of the molecule is CS(=O)(=O)c1nsc(C#N)n1. The van der Waals surface area contributed by atoms with Gasteiger partial charge in [-0.25, -0.2) is 8.42 Å². The van der Waals surface area contributed by atoms with Crippen molar-refractivity contribution in [2.75, 3.05) is 6.26 Å². The Morgan fingerprint density at radius 2 is 2.27 bits per heavy atom. The highest BCUT2D eigenvalue weighted by molar-refractivity contribution is 7.90. The predicted molar refractivity (Wildman–Crippen MR) is 37.7 cm³/mol. The van der Waals surface area contributed by atoms with Crippen LogP contribution in [0.3, 0.4) is 0 Å². The second-order valence-corrected chi connectivity index (χ2v) is 4.43. The Labute approximate surface area is 67.4 Å². The number of nitriles is 1. The Morgan fingerprint density at radius 3 is 2.55 bits per heavy atom. The lowest BCUT2D eigenvalue weighted by Gasteiger charge is -1.83. The van der Waals surface area contributed by atoms with Crippen LogP contribution >= 0.6 is 11.5 Å². The summed E-state index contributed by atoms with van der Waals surface area (Å²) in [4.78, 5) is 3.46. The average molecular weight is 189 g/mol. The molecule has 1 rings (SSSR count). The molecule has 0 unspecified atom stereocenters. The van der Waals surface area contributed by atoms with Crippen molar-refractivity contribution in [1.82, 2.24) is 9.36 Å². The van der Waals surface area contributed by atoms with Crippen molar-refractivity contribution in [3.05, 3.63) is 5.01 Å². The minimum atomic E-state index is -3.36. The molecule has 0 aliphatic carbocycles. The molecule has 0 saturated carbocycles. The fourth-order valence-corrected chi connectivity index (χ4v) is 1.75. The molecule has 0 fully saturated rings. The van der Waals surface area contributed by atoms with E-state index >= 15 is 0 Å². The Balaban J connectivity index is 3.22. The Bertz CT molecular complexity index is 399. The van der Waals surface area contributed by atoms with E-state index in [2.05, 4.69) is 9.36 Å². The smallest absolute Gasteiger partial charge is 0.221 e. The summed E-state index contributed by atoms with van der Waals surface area (Å²) >= 11 is 0.775. The first-order valence-corrected chi connectivity index (χ1v) is 5.14. The molecule has 1 aromatic rings. The summed E-state index contributed by atoms with van der Waals surface area (Å²) in [6.07, 6.45) is 0.996. The van der Waals surface area contributed by atoms with E-state index < -0.39 is 9.84 Å². The number of hydrogen-bond donors (Lipinski definition) is 0. The van der Waals surface area contributed by atoms with Gasteiger partial charge < -0.3 is 0 Å². The summed E-state index contributed by atoms with van der Waals surface area (Å²) in [5, 5.41) is 8.06. The van der Waals surface area contributed by atoms with Gasteiger partial charge in [-0.05, 0) is 11.5 Å². The van der Waals surface area contributed by atoms with Crippen LogP contribution in [0.1, 0.15) is 5.01 Å². The van der Waals surface area contributed by atoms with Crippen LogP contribution in [-0.2, 0) is 9.84 Å². The van der Waals surface area contributed by atoms with Crippen molar-refractivity contribution >= 4 is 21.4 Å². The van der Waals surface area contributed by atoms with Crippen LogP contribution in [0.2, 0.25) is 0 Å². The molecule has 11 heavy (non-hydrogen) atoms. The van der Waals surface area contributed by atoms with Crippen molar-refractivity contribution < 1.29 is 8.42 Å². The molecule has 0 amide bonds. The van der Waals surface area contributed by atoms with Crippen molar-refractivity contribution in [2.24, 2.45) is 0 Å². The van der Waals surface area contributed by atoms with Gasteiger partial charge in [-0.15, -0.1) is 0 Å². The number of nitrogens with zero attached hydrogens (tertiary/aromatic N) is 3. The second kappa shape index (κ2) is 2.56. The van der Waals surface area contributed by atoms with E-state index in [4.69, 9.17) is 5.26 Å². The van der Waals surface area contributed by atoms with E-state index in [1.54, 1.807) is 6.07 Å². The zero-order valence-corrected chi connectivity index (χ0v) is 7.11. The Morgan fingerprint density at radius 1 is 1.64 bits per heavy atom. The third-order valence-corrected chi connectivity index (χ3v) is 2.42. The monoisotopic (exact) mass is 189 g/mol. The quantitative estimate of drug-likeness (QED) is 0.611. The van der Waals surface area contributed by atoms with Crippen LogP contribution in [0.15, 0.2) is 5.16 Å². The minimum Gasteiger partial charge on any atom is -0.221 e. The first-order chi connectivity index (χ1) is 5.04. The van der Waals surface area contributed by atoms with E-state index in [0.29, 0.717) is 0 Å². The highest BCUT2D eigenvalue weighted by Crippen LogP contribution is 2.07. The van der Waals surface area contributed by atoms with E-state index in [1.165, 1.54) is 0 Å². The molecular formula is C4H3N3O2S2. The molecule has 58 valence electrons. The number of sulfone groups is 1. The zero-order chi connectivity index (χ0) is 8.48. The fraction of sp³-hybridized carbons (Fsp3) is 0.250. The fourth-order valence-electron chi connectivity index (χ4n) is 0.406. The standard InChI is InChI=1S/C4H3N3O2S2/c1-11(8,9)4-6-3(2-5)10-7-4/h1H3. The highest BCUT2D eigenvalue weighted by atomic mass is 32.2. The molecule has 1 aromatic heterocycles. The van der Waals surface area contributed by atoms with E-state index in [0.717, 1.165) is 17.8 Å². The van der Waals surface area contributed by atoms with E-state index in [9.17, 15) is 8.42 Å². The predicted octanol–water partition coefficient (Wildman–Crippen LogP) is -0.187. The summed E-state index contributed by atoms with van der Waals surface area (Å²) in [5.74, 6) is 0. The van der Waals surface area contributed by atoms with Crippen molar-refractivity contribution in [2.45, 2.75) is 5.16 Å². The molecule has 7 heteroatoms. The van der Waals surface area contributed by atoms with Gasteiger partial charge in [-0.3, -0.25) is 0 Å². The summed E-state index contributed by atoms with van der Waals surface area (Å²) in [5.41, 5.74) is 0. The van der Waals surface area contributed by atoms with Crippen LogP contribution in [0, 0.1) is 11.3 Å². The van der Waals surface area contributed by atoms with Crippen LogP contribution < -0.4 is 0 Å². The molecule has 0 saturated heterocycles. The maximum atomic E-state index is 10.7. The van der Waals surface area contributed by atoms with Crippen molar-refractivity contribution in [3.8, 4) is 6.07 Å². The van der Waals surface area contributed by atoms with Gasteiger partial charge in [-0.1, -0.05) is 0 Å². The zero-order valence-electron chi connectivity index (χ0n) is 5.47. The van der Waals surface area contributed by atoms with Gasteiger partial charge in [0.1, 0.15) is 6.07 Å². The molecule has 0 spiro atoms. The average Bonchev–Trinajstić information content (AvgIpc) is 2.32. The maximum Gasteiger partial charge on any atom is 0.259 e. The van der Waals surface area contributed by atoms with E-state index in [1.807, 2.05) is 0 Å². The third kappa shape index (κ3) is 1.72. The Hall–Kier alpha value is -1.00. The van der Waals surface area contributed by atoms with Crippen LogP contribution in [0.4, 0.5) is 0 Å². The van der Waals surface area contributed by atoms with Crippen LogP contribution in [-0.4, -0.2) is 24.0 Å². The largest absolute Gasteiger partial charge is 0.259 e. The summed E-state index contributed by atoms with van der Waals surface area (Å²) in [6, 6.07) is 1.70. The molecule has 0 N–H and O–H groups in total. The van der Waals surface area contributed by atoms with Gasteiger partial charge in [0.2, 0.25) is 14.8 Å². The van der Waals surface area contributed by atoms with Crippen molar-refractivity contribution in [3.63, 3.8) is 0 Å². The molecule has 0 bridgehead atoms. The second-order valence-electron chi connectivity index (χ2n) is 1.77. The summed E-state index contributed by atoms with van der Waals surface area (Å²) < 4.78 is 24.9. The maximum absolute atomic E-state index is 10.7. The van der Waals surface area contributed by atoms with Crippen LogP contribution in [0.25, 0.3) is 0 Å². The van der Waals surface area contributed by atoms with Gasteiger partial charge in [0.25, 0.3) is 5.16 Å². The van der Waals surface area contributed by atoms with Crippen molar-refractivity contribution in [1.29, 1.82) is 5.26 Å². The van der Waals surface area contributed by atoms with Gasteiger partial charge in [-0.2, -0.15) is 14.6 Å². The van der Waals surface area contributed by atoms with Gasteiger partial charge >= 0.3 is 0 Å². The summed E-state index contributed by atoms with van der Waals surface area (Å²) in [7, 11) is -3.36. The third-order valence-electron chi connectivity index (χ3n) is 0.835. The molecule has 0 aromatic carbocycles. The number of hydrogen-bond acceptors (Lipinski definition) is 6. The van der Waals surface area contributed by atoms with Crippen LogP contribution in [0.5, 0.6) is 0 Å². The van der Waals surface area contributed by atoms with E-state index in [-0.39, 0.29) is 10.2 Å². The molecule has 0 radical (unpaired) electrons. The first-order valence-electron chi connectivity index (χ1n) is 2.48. The first kappa shape index (κ1) is 8.10. The normalized spacial score (nSPS) is 10.9. The van der Waals surface area contributed by atoms with Gasteiger partial charge in [0.05, 0.1) is 0 Å². The molecule has 0 atom stereocenters. The molecule has 5 nitrogen and oxygen atoms in total.